The number of amidine groups is 2. The Balaban J connectivity index is 0.00000172. The molecule has 1 aliphatic rings. The van der Waals surface area contributed by atoms with Gasteiger partial charge in [-0.1, -0.05) is 136 Å². The Bertz CT molecular complexity index is 1540. The summed E-state index contributed by atoms with van der Waals surface area (Å²) < 4.78 is 0. The highest BCUT2D eigenvalue weighted by Gasteiger charge is 2.21. The van der Waals surface area contributed by atoms with Crippen molar-refractivity contribution in [3.05, 3.63) is 162 Å². The zero-order valence-electron chi connectivity index (χ0n) is 22.9. The third-order valence-electron chi connectivity index (χ3n) is 6.26. The number of aliphatic imine (C=N–C) groups is 2. The summed E-state index contributed by atoms with van der Waals surface area (Å²) in [6.07, 6.45) is 5.21. The van der Waals surface area contributed by atoms with E-state index in [4.69, 9.17) is 9.98 Å². The van der Waals surface area contributed by atoms with Crippen LogP contribution < -0.4 is 5.32 Å². The molecule has 0 aliphatic carbocycles. The van der Waals surface area contributed by atoms with Crippen LogP contribution in [0.1, 0.15) is 47.8 Å². The summed E-state index contributed by atoms with van der Waals surface area (Å²) in [7, 11) is 0. The highest BCUT2D eigenvalue weighted by atomic mass is 15.2. The van der Waals surface area contributed by atoms with Gasteiger partial charge in [-0.25, -0.2) is 9.98 Å². The Kier molecular flexibility index (Phi) is 9.20. The van der Waals surface area contributed by atoms with Crippen molar-refractivity contribution in [3.63, 3.8) is 0 Å². The lowest BCUT2D eigenvalue weighted by molar-refractivity contribution is 0.755. The standard InChI is InChI=1S/C34H29N3.C2H6/c1-4-5-13-25(3)27-16-10-19-30(22-27)33-35-32(29-18-9-12-24(2)21-29)36-34(37-33)31-20-11-17-28(23-31)26-14-7-6-8-15-26;1-2/h4-23,33H,1,3H2,2H3,(H,35,36,37);1-2H3/b13-5-;. The molecule has 0 saturated heterocycles. The molecule has 3 nitrogen and oxygen atoms in total. The second-order valence-electron chi connectivity index (χ2n) is 9.02. The molecule has 3 heteroatoms. The number of aryl methyl sites for hydroxylation is 1. The normalized spacial score (nSPS) is 14.4. The van der Waals surface area contributed by atoms with E-state index in [0.717, 1.165) is 45.1 Å². The molecule has 1 N–H and O–H groups in total. The maximum absolute atomic E-state index is 5.07. The largest absolute Gasteiger partial charge is 0.324 e. The van der Waals surface area contributed by atoms with E-state index in [0.29, 0.717) is 0 Å². The van der Waals surface area contributed by atoms with Gasteiger partial charge in [0, 0.05) is 11.1 Å². The molecule has 1 atom stereocenters. The SMILES string of the molecule is C=C/C=C\C(=C)c1cccc(C2N=C(c3cccc(C)c3)NC(c3cccc(-c4ccccc4)c3)=N2)c1.CC. The summed E-state index contributed by atoms with van der Waals surface area (Å²) in [5, 5.41) is 3.52. The fourth-order valence-electron chi connectivity index (χ4n) is 4.34. The number of benzene rings is 4. The van der Waals surface area contributed by atoms with Crippen LogP contribution in [0.25, 0.3) is 16.7 Å². The molecule has 39 heavy (non-hydrogen) atoms. The second kappa shape index (κ2) is 13.2. The Morgan fingerprint density at radius 3 is 2.03 bits per heavy atom. The molecular formula is C36H35N3. The quantitative estimate of drug-likeness (QED) is 0.248. The van der Waals surface area contributed by atoms with Crippen molar-refractivity contribution in [2.75, 3.05) is 0 Å². The zero-order valence-corrected chi connectivity index (χ0v) is 22.9. The van der Waals surface area contributed by atoms with Crippen LogP contribution >= 0.6 is 0 Å². The number of allylic oxidation sites excluding steroid dienone is 4. The fraction of sp³-hybridized carbons (Fsp3) is 0.111. The van der Waals surface area contributed by atoms with Gasteiger partial charge < -0.3 is 5.32 Å². The van der Waals surface area contributed by atoms with Crippen LogP contribution in [0.5, 0.6) is 0 Å². The van der Waals surface area contributed by atoms with E-state index in [-0.39, 0.29) is 6.17 Å². The molecule has 0 radical (unpaired) electrons. The number of nitrogens with zero attached hydrogens (tertiary/aromatic N) is 2. The van der Waals surface area contributed by atoms with Crippen LogP contribution in [0.2, 0.25) is 0 Å². The van der Waals surface area contributed by atoms with Gasteiger partial charge in [0.1, 0.15) is 11.7 Å². The molecule has 0 spiro atoms. The van der Waals surface area contributed by atoms with Gasteiger partial charge >= 0.3 is 0 Å². The van der Waals surface area contributed by atoms with Gasteiger partial charge in [-0.05, 0) is 52.9 Å². The number of rotatable bonds is 7. The molecule has 194 valence electrons. The molecule has 0 bridgehead atoms. The van der Waals surface area contributed by atoms with Crippen molar-refractivity contribution in [1.82, 2.24) is 5.32 Å². The summed E-state index contributed by atoms with van der Waals surface area (Å²) in [5.74, 6) is 1.60. The third-order valence-corrected chi connectivity index (χ3v) is 6.26. The highest BCUT2D eigenvalue weighted by Crippen LogP contribution is 2.28. The summed E-state index contributed by atoms with van der Waals surface area (Å²) in [5.41, 5.74) is 8.50. The number of hydrogen-bond donors (Lipinski definition) is 1. The molecular weight excluding hydrogens is 474 g/mol. The molecule has 0 aromatic heterocycles. The van der Waals surface area contributed by atoms with Gasteiger partial charge in [0.15, 0.2) is 6.17 Å². The molecule has 0 saturated carbocycles. The first-order valence-electron chi connectivity index (χ1n) is 13.3. The van der Waals surface area contributed by atoms with E-state index < -0.39 is 0 Å². The Hall–Kier alpha value is -4.76. The lowest BCUT2D eigenvalue weighted by atomic mass is 10.0. The highest BCUT2D eigenvalue weighted by molar-refractivity contribution is 6.16. The molecule has 5 rings (SSSR count). The van der Waals surface area contributed by atoms with Gasteiger partial charge in [-0.3, -0.25) is 0 Å². The minimum absolute atomic E-state index is 0.386. The van der Waals surface area contributed by atoms with Crippen molar-refractivity contribution >= 4 is 17.2 Å². The average Bonchev–Trinajstić information content (AvgIpc) is 3.01. The van der Waals surface area contributed by atoms with Gasteiger partial charge in [0.2, 0.25) is 0 Å². The molecule has 1 unspecified atom stereocenters. The lowest BCUT2D eigenvalue weighted by Gasteiger charge is -2.23. The molecule has 0 amide bonds. The van der Waals surface area contributed by atoms with Gasteiger partial charge in [0.25, 0.3) is 0 Å². The fourth-order valence-corrected chi connectivity index (χ4v) is 4.34. The van der Waals surface area contributed by atoms with E-state index in [9.17, 15) is 0 Å². The summed E-state index contributed by atoms with van der Waals surface area (Å²) in [6, 6.07) is 35.5. The first-order chi connectivity index (χ1) is 19.1. The van der Waals surface area contributed by atoms with Crippen LogP contribution in [0.4, 0.5) is 0 Å². The van der Waals surface area contributed by atoms with Crippen molar-refractivity contribution in [1.29, 1.82) is 0 Å². The Morgan fingerprint density at radius 2 is 1.33 bits per heavy atom. The predicted octanol–water partition coefficient (Wildman–Crippen LogP) is 8.94. The smallest absolute Gasteiger partial charge is 0.169 e. The zero-order chi connectivity index (χ0) is 27.6. The molecule has 4 aromatic carbocycles. The van der Waals surface area contributed by atoms with Crippen molar-refractivity contribution in [2.24, 2.45) is 9.98 Å². The Morgan fingerprint density at radius 1 is 0.718 bits per heavy atom. The second-order valence-corrected chi connectivity index (χ2v) is 9.02. The summed E-state index contributed by atoms with van der Waals surface area (Å²) >= 11 is 0. The van der Waals surface area contributed by atoms with Gasteiger partial charge in [-0.15, -0.1) is 0 Å². The van der Waals surface area contributed by atoms with E-state index >= 15 is 0 Å². The van der Waals surface area contributed by atoms with E-state index in [1.807, 2.05) is 38.1 Å². The predicted molar refractivity (Wildman–Crippen MR) is 168 cm³/mol. The minimum Gasteiger partial charge on any atom is -0.324 e. The van der Waals surface area contributed by atoms with Crippen LogP contribution in [0.3, 0.4) is 0 Å². The first kappa shape index (κ1) is 27.3. The van der Waals surface area contributed by atoms with Crippen LogP contribution in [0, 0.1) is 6.92 Å². The van der Waals surface area contributed by atoms with Gasteiger partial charge in [-0.2, -0.15) is 0 Å². The molecule has 1 heterocycles. The minimum atomic E-state index is -0.386. The van der Waals surface area contributed by atoms with Crippen molar-refractivity contribution in [3.8, 4) is 11.1 Å². The topological polar surface area (TPSA) is 36.8 Å². The maximum atomic E-state index is 5.07. The average molecular weight is 510 g/mol. The van der Waals surface area contributed by atoms with E-state index in [1.165, 1.54) is 11.1 Å². The maximum Gasteiger partial charge on any atom is 0.169 e. The van der Waals surface area contributed by atoms with Crippen molar-refractivity contribution < 1.29 is 0 Å². The monoisotopic (exact) mass is 509 g/mol. The third kappa shape index (κ3) is 6.77. The number of hydrogen-bond acceptors (Lipinski definition) is 3. The first-order valence-corrected chi connectivity index (χ1v) is 13.3. The van der Waals surface area contributed by atoms with Crippen LogP contribution in [-0.2, 0) is 0 Å². The number of nitrogens with one attached hydrogen (secondary N) is 1. The van der Waals surface area contributed by atoms with Crippen molar-refractivity contribution in [2.45, 2.75) is 26.9 Å². The van der Waals surface area contributed by atoms with Crippen LogP contribution in [0.15, 0.2) is 144 Å². The summed E-state index contributed by atoms with van der Waals surface area (Å²) in [4.78, 5) is 10.1. The molecule has 0 fully saturated rings. The Labute approximate surface area is 232 Å². The lowest BCUT2D eigenvalue weighted by Crippen LogP contribution is -2.36. The van der Waals surface area contributed by atoms with Crippen LogP contribution in [-0.4, -0.2) is 11.7 Å². The molecule has 1 aliphatic heterocycles. The summed E-state index contributed by atoms with van der Waals surface area (Å²) in [6.45, 7) is 14.0. The van der Waals surface area contributed by atoms with Gasteiger partial charge in [0.05, 0.1) is 0 Å². The van der Waals surface area contributed by atoms with E-state index in [2.05, 4.69) is 116 Å². The van der Waals surface area contributed by atoms with E-state index in [1.54, 1.807) is 6.08 Å². The molecule has 4 aromatic rings.